The Morgan fingerprint density at radius 3 is 0.774 bits per heavy atom. The molecule has 2 aliphatic rings. The van der Waals surface area contributed by atoms with E-state index in [1.54, 1.807) is 27.5 Å². The number of rotatable bonds is 0. The average molecular weight is 556 g/mol. The van der Waals surface area contributed by atoms with Crippen molar-refractivity contribution in [3.8, 4) is 0 Å². The molecular formula is C25H45FeP5+2. The summed E-state index contributed by atoms with van der Waals surface area (Å²) in [7, 11) is 7.56. The van der Waals surface area contributed by atoms with E-state index in [0.717, 1.165) is 0 Å². The van der Waals surface area contributed by atoms with Gasteiger partial charge in [-0.1, -0.05) is 130 Å². The molecule has 2 fully saturated rings. The normalized spacial score (nSPS) is 25.6. The second-order valence-electron chi connectivity index (χ2n) is 13.5. The Morgan fingerprint density at radius 1 is 0.355 bits per heavy atom. The minimum absolute atomic E-state index is 0. The standard InChI is InChI=1S/C15H27P2.C10H18P3.Fe/c1-13(2,3)10-11(14(4,5)6)17-12(16-10)15(7,8)9;1-9(2,3)7-11-8(13-12-7)10(4,5)6;/h1-9H3;1-6H3;/q;;+2. The van der Waals surface area contributed by atoms with Gasteiger partial charge in [0.25, 0.3) is 0 Å². The van der Waals surface area contributed by atoms with Gasteiger partial charge in [-0.3, -0.25) is 0 Å². The van der Waals surface area contributed by atoms with Crippen LogP contribution in [0.5, 0.6) is 0 Å². The SMILES string of the molecule is CC(C)(C)[C]1[P][C](C(C)(C)C)[C](C(C)(C)C)[P]1.CC(C)(C)[C]1[P][P][C](C(C)(C)C)[P]1.[Fe+2]. The molecule has 0 N–H and O–H groups in total. The summed E-state index contributed by atoms with van der Waals surface area (Å²) in [4.78, 5) is 0. The largest absolute Gasteiger partial charge is 2.00 e. The zero-order chi connectivity index (χ0) is 23.9. The third-order valence-corrected chi connectivity index (χ3v) is 16.6. The molecule has 0 saturated carbocycles. The molecule has 0 aromatic carbocycles. The van der Waals surface area contributed by atoms with Crippen molar-refractivity contribution >= 4 is 42.3 Å². The van der Waals surface area contributed by atoms with Crippen LogP contribution in [0.1, 0.15) is 104 Å². The summed E-state index contributed by atoms with van der Waals surface area (Å²) in [6.45, 7) is 35.1. The summed E-state index contributed by atoms with van der Waals surface area (Å²) >= 11 is 0. The van der Waals surface area contributed by atoms with Crippen LogP contribution in [0.15, 0.2) is 0 Å². The third-order valence-electron chi connectivity index (χ3n) is 4.54. The first-order valence-corrected chi connectivity index (χ1v) is 16.2. The quantitative estimate of drug-likeness (QED) is 0.206. The van der Waals surface area contributed by atoms with Gasteiger partial charge >= 0.3 is 17.1 Å². The van der Waals surface area contributed by atoms with Crippen molar-refractivity contribution in [1.29, 1.82) is 0 Å². The van der Waals surface area contributed by atoms with Crippen molar-refractivity contribution in [3.05, 3.63) is 27.5 Å². The molecule has 0 aromatic rings. The predicted octanol–water partition coefficient (Wildman–Crippen LogP) is 12.4. The van der Waals surface area contributed by atoms with Gasteiger partial charge in [0.1, 0.15) is 0 Å². The van der Waals surface area contributed by atoms with Gasteiger partial charge in [0.15, 0.2) is 0 Å². The molecule has 0 aromatic heterocycles. The van der Waals surface area contributed by atoms with Crippen LogP contribution in [-0.2, 0) is 17.1 Å². The van der Waals surface area contributed by atoms with E-state index in [1.165, 1.54) is 42.3 Å². The van der Waals surface area contributed by atoms with Crippen molar-refractivity contribution in [2.75, 3.05) is 0 Å². The maximum absolute atomic E-state index is 2.35. The molecular weight excluding hydrogens is 511 g/mol. The first-order valence-electron chi connectivity index (χ1n) is 11.0. The van der Waals surface area contributed by atoms with E-state index >= 15 is 0 Å². The molecule has 0 unspecified atom stereocenters. The summed E-state index contributed by atoms with van der Waals surface area (Å²) in [5.41, 5.74) is 5.00. The molecule has 0 amide bonds. The van der Waals surface area contributed by atoms with Crippen LogP contribution in [-0.4, -0.2) is 0 Å². The summed E-state index contributed by atoms with van der Waals surface area (Å²) in [5.74, 6) is 0. The maximum atomic E-state index is 2.35. The Labute approximate surface area is 217 Å². The summed E-state index contributed by atoms with van der Waals surface area (Å²) < 4.78 is 0. The molecule has 2 heterocycles. The van der Waals surface area contributed by atoms with Crippen molar-refractivity contribution in [3.63, 3.8) is 0 Å². The number of hydrogen-bond acceptors (Lipinski definition) is 0. The summed E-state index contributed by atoms with van der Waals surface area (Å²) in [6, 6.07) is 0. The molecule has 2 rings (SSSR count). The minimum atomic E-state index is 0. The predicted molar refractivity (Wildman–Crippen MR) is 148 cm³/mol. The topological polar surface area (TPSA) is 0 Å². The molecule has 31 heavy (non-hydrogen) atoms. The van der Waals surface area contributed by atoms with E-state index in [0.29, 0.717) is 27.1 Å². The fraction of sp³-hybridized carbons (Fsp3) is 0.800. The minimum Gasteiger partial charge on any atom is -0.0592 e. The van der Waals surface area contributed by atoms with Gasteiger partial charge in [0.2, 0.25) is 0 Å². The Hall–Kier alpha value is 2.67. The van der Waals surface area contributed by atoms with Gasteiger partial charge in [-0.15, -0.1) is 0 Å². The van der Waals surface area contributed by atoms with Gasteiger partial charge in [0, 0.05) is 27.5 Å². The van der Waals surface area contributed by atoms with E-state index in [1.807, 2.05) is 0 Å². The molecule has 176 valence electrons. The summed E-state index contributed by atoms with van der Waals surface area (Å²) in [6.07, 6.45) is 0. The average Bonchev–Trinajstić information content (AvgIpc) is 3.13. The molecule has 0 bridgehead atoms. The van der Waals surface area contributed by atoms with Gasteiger partial charge in [-0.05, 0) is 43.6 Å². The van der Waals surface area contributed by atoms with E-state index in [-0.39, 0.29) is 17.1 Å². The Morgan fingerprint density at radius 2 is 0.613 bits per heavy atom. The van der Waals surface area contributed by atoms with Crippen molar-refractivity contribution < 1.29 is 17.1 Å². The van der Waals surface area contributed by atoms with Crippen LogP contribution in [0.2, 0.25) is 0 Å². The molecule has 2 saturated heterocycles. The monoisotopic (exact) mass is 556 g/mol. The Balaban J connectivity index is 0.000000581. The smallest absolute Gasteiger partial charge is 0.0592 e. The maximum Gasteiger partial charge on any atom is 2.00 e. The number of hydrogen-bond donors (Lipinski definition) is 0. The third kappa shape index (κ3) is 10.7. The molecule has 0 aliphatic carbocycles. The van der Waals surface area contributed by atoms with E-state index < -0.39 is 0 Å². The molecule has 2 aliphatic heterocycles. The Kier molecular flexibility index (Phi) is 12.8. The molecule has 6 heteroatoms. The first kappa shape index (κ1) is 33.7. The van der Waals surface area contributed by atoms with Gasteiger partial charge in [-0.25, -0.2) is 0 Å². The van der Waals surface area contributed by atoms with E-state index in [2.05, 4.69) is 104 Å². The second-order valence-corrected chi connectivity index (χ2v) is 20.4. The van der Waals surface area contributed by atoms with Crippen molar-refractivity contribution in [1.82, 2.24) is 0 Å². The van der Waals surface area contributed by atoms with Crippen LogP contribution >= 0.6 is 42.3 Å². The van der Waals surface area contributed by atoms with E-state index in [4.69, 9.17) is 0 Å². The molecule has 0 nitrogen and oxygen atoms in total. The fourth-order valence-electron chi connectivity index (χ4n) is 2.60. The zero-order valence-corrected chi connectivity index (χ0v) is 28.2. The second kappa shape index (κ2) is 11.8. The Bertz CT molecular complexity index is 501. The van der Waals surface area contributed by atoms with Gasteiger partial charge in [0.05, 0.1) is 0 Å². The van der Waals surface area contributed by atoms with Gasteiger partial charge in [-0.2, -0.15) is 0 Å². The fourth-order valence-corrected chi connectivity index (χ4v) is 13.2. The van der Waals surface area contributed by atoms with E-state index in [9.17, 15) is 0 Å². The molecule has 10 radical (unpaired) electrons. The zero-order valence-electron chi connectivity index (χ0n) is 22.6. The van der Waals surface area contributed by atoms with Crippen LogP contribution in [0.3, 0.4) is 0 Å². The molecule has 0 spiro atoms. The van der Waals surface area contributed by atoms with Gasteiger partial charge < -0.3 is 0 Å². The van der Waals surface area contributed by atoms with Crippen LogP contribution in [0.25, 0.3) is 0 Å². The van der Waals surface area contributed by atoms with Crippen LogP contribution < -0.4 is 0 Å². The van der Waals surface area contributed by atoms with Crippen molar-refractivity contribution in [2.24, 2.45) is 27.1 Å². The first-order chi connectivity index (χ1) is 13.0. The van der Waals surface area contributed by atoms with Crippen molar-refractivity contribution in [2.45, 2.75) is 104 Å². The van der Waals surface area contributed by atoms with Crippen LogP contribution in [0, 0.1) is 54.6 Å². The summed E-state index contributed by atoms with van der Waals surface area (Å²) in [5, 5.41) is 5.02. The molecule has 0 atom stereocenters. The van der Waals surface area contributed by atoms with Crippen LogP contribution in [0.4, 0.5) is 0 Å².